The highest BCUT2D eigenvalue weighted by molar-refractivity contribution is 6.05. The van der Waals surface area contributed by atoms with E-state index in [0.717, 1.165) is 11.1 Å². The molecule has 27 heavy (non-hydrogen) atoms. The number of carbonyl (C=O) groups is 1. The molecule has 4 nitrogen and oxygen atoms in total. The summed E-state index contributed by atoms with van der Waals surface area (Å²) >= 11 is 0. The summed E-state index contributed by atoms with van der Waals surface area (Å²) in [5, 5.41) is 11.2. The monoisotopic (exact) mass is 361 g/mol. The fourth-order valence-corrected chi connectivity index (χ4v) is 3.54. The molecule has 4 heteroatoms. The molecule has 0 spiro atoms. The Balaban J connectivity index is 1.98. The van der Waals surface area contributed by atoms with Crippen LogP contribution in [-0.4, -0.2) is 30.3 Å². The van der Waals surface area contributed by atoms with Gasteiger partial charge in [-0.2, -0.15) is 0 Å². The van der Waals surface area contributed by atoms with Crippen LogP contribution in [-0.2, 0) is 4.79 Å². The van der Waals surface area contributed by atoms with Crippen LogP contribution in [0.1, 0.15) is 12.5 Å². The topological polar surface area (TPSA) is 49.8 Å². The molecule has 1 amide bonds. The number of aliphatic hydroxyl groups excluding tert-OH is 1. The van der Waals surface area contributed by atoms with E-state index < -0.39 is 18.1 Å². The summed E-state index contributed by atoms with van der Waals surface area (Å²) < 4.78 is 5.19. The van der Waals surface area contributed by atoms with E-state index in [1.54, 1.807) is 24.1 Å². The van der Waals surface area contributed by atoms with E-state index in [1.807, 2.05) is 49.4 Å². The predicted octanol–water partition coefficient (Wildman–Crippen LogP) is 3.83. The van der Waals surface area contributed by atoms with Crippen LogP contribution >= 0.6 is 0 Å². The summed E-state index contributed by atoms with van der Waals surface area (Å²) in [6.07, 6.45) is -0.939. The second kappa shape index (κ2) is 7.67. The van der Waals surface area contributed by atoms with E-state index in [4.69, 9.17) is 4.74 Å². The minimum Gasteiger partial charge on any atom is -0.497 e. The Morgan fingerprint density at radius 1 is 1.19 bits per heavy atom. The van der Waals surface area contributed by atoms with Crippen LogP contribution in [0.25, 0.3) is 5.57 Å². The number of anilines is 1. The van der Waals surface area contributed by atoms with Crippen LogP contribution in [0.2, 0.25) is 0 Å². The summed E-state index contributed by atoms with van der Waals surface area (Å²) in [6.45, 7) is 9.51. The Morgan fingerprint density at radius 2 is 1.81 bits per heavy atom. The summed E-state index contributed by atoms with van der Waals surface area (Å²) in [4.78, 5) is 14.4. The molecule has 1 aliphatic heterocycles. The number of benzene rings is 2. The van der Waals surface area contributed by atoms with Gasteiger partial charge in [0.05, 0.1) is 19.1 Å². The van der Waals surface area contributed by atoms with Crippen molar-refractivity contribution >= 4 is 17.2 Å². The molecule has 0 bridgehead atoms. The van der Waals surface area contributed by atoms with Crippen molar-refractivity contribution in [2.45, 2.75) is 19.1 Å². The smallest absolute Gasteiger partial charge is 0.236 e. The van der Waals surface area contributed by atoms with Gasteiger partial charge in [0.15, 0.2) is 0 Å². The molecule has 3 atom stereocenters. The average molecular weight is 361 g/mol. The zero-order valence-corrected chi connectivity index (χ0v) is 15.6. The number of rotatable bonds is 6. The Bertz CT molecular complexity index is 895. The summed E-state index contributed by atoms with van der Waals surface area (Å²) in [5.74, 6) is 0.179. The first-order valence-corrected chi connectivity index (χ1v) is 8.75. The van der Waals surface area contributed by atoms with Crippen molar-refractivity contribution in [2.75, 3.05) is 12.0 Å². The second-order valence-electron chi connectivity index (χ2n) is 6.62. The lowest BCUT2D eigenvalue weighted by Gasteiger charge is -2.49. The van der Waals surface area contributed by atoms with Crippen molar-refractivity contribution in [1.29, 1.82) is 0 Å². The molecule has 1 fully saturated rings. The van der Waals surface area contributed by atoms with Gasteiger partial charge in [-0.3, -0.25) is 4.79 Å². The SMILES string of the molecule is C=C=C(c1ccccc1)[C@H](O)[C@H]1[C@@H](C(=C)C)C(=O)N1c1ccc(OC)cc1. The Morgan fingerprint density at radius 3 is 2.33 bits per heavy atom. The molecule has 1 saturated heterocycles. The van der Waals surface area contributed by atoms with Crippen molar-refractivity contribution in [2.24, 2.45) is 5.92 Å². The Labute approximate surface area is 159 Å². The summed E-state index contributed by atoms with van der Waals surface area (Å²) in [7, 11) is 1.59. The van der Waals surface area contributed by atoms with E-state index >= 15 is 0 Å². The number of β-lactam (4-membered cyclic amide) rings is 1. The maximum Gasteiger partial charge on any atom is 0.236 e. The van der Waals surface area contributed by atoms with Gasteiger partial charge in [-0.15, -0.1) is 5.73 Å². The van der Waals surface area contributed by atoms with Crippen LogP contribution in [0.15, 0.2) is 79.1 Å². The Kier molecular flexibility index (Phi) is 5.31. The first-order valence-electron chi connectivity index (χ1n) is 8.75. The highest BCUT2D eigenvalue weighted by Gasteiger charge is 2.52. The summed E-state index contributed by atoms with van der Waals surface area (Å²) in [5.41, 5.74) is 5.69. The minimum absolute atomic E-state index is 0.0757. The van der Waals surface area contributed by atoms with Crippen LogP contribution in [0.3, 0.4) is 0 Å². The van der Waals surface area contributed by atoms with Gasteiger partial charge in [0, 0.05) is 11.3 Å². The molecular formula is C23H23NO3. The van der Waals surface area contributed by atoms with Gasteiger partial charge in [-0.25, -0.2) is 0 Å². The fourth-order valence-electron chi connectivity index (χ4n) is 3.54. The van der Waals surface area contributed by atoms with E-state index in [9.17, 15) is 9.90 Å². The third-order valence-corrected chi connectivity index (χ3v) is 4.92. The molecule has 2 aromatic carbocycles. The lowest BCUT2D eigenvalue weighted by atomic mass is 9.76. The maximum atomic E-state index is 12.8. The zero-order valence-electron chi connectivity index (χ0n) is 15.6. The first kappa shape index (κ1) is 18.7. The van der Waals surface area contributed by atoms with Crippen LogP contribution in [0.4, 0.5) is 5.69 Å². The zero-order chi connectivity index (χ0) is 19.6. The minimum atomic E-state index is -0.939. The first-order chi connectivity index (χ1) is 13.0. The third kappa shape index (κ3) is 3.33. The number of aliphatic hydroxyl groups is 1. The van der Waals surface area contributed by atoms with E-state index in [2.05, 4.69) is 18.9 Å². The van der Waals surface area contributed by atoms with Gasteiger partial charge in [0.2, 0.25) is 5.91 Å². The molecular weight excluding hydrogens is 338 g/mol. The summed E-state index contributed by atoms with van der Waals surface area (Å²) in [6, 6.07) is 16.2. The predicted molar refractivity (Wildman–Crippen MR) is 108 cm³/mol. The van der Waals surface area contributed by atoms with Gasteiger partial charge >= 0.3 is 0 Å². The number of hydrogen-bond acceptors (Lipinski definition) is 3. The molecule has 1 heterocycles. The Hall–Kier alpha value is -3.07. The van der Waals surface area contributed by atoms with Gasteiger partial charge < -0.3 is 14.7 Å². The molecule has 0 aromatic heterocycles. The van der Waals surface area contributed by atoms with Gasteiger partial charge in [0.25, 0.3) is 0 Å². The van der Waals surface area contributed by atoms with Crippen molar-refractivity contribution in [1.82, 2.24) is 0 Å². The lowest BCUT2D eigenvalue weighted by Crippen LogP contribution is -2.66. The molecule has 0 radical (unpaired) electrons. The number of carbonyl (C=O) groups excluding carboxylic acids is 1. The van der Waals surface area contributed by atoms with E-state index in [-0.39, 0.29) is 5.91 Å². The van der Waals surface area contributed by atoms with Gasteiger partial charge in [-0.1, -0.05) is 49.1 Å². The normalized spacial score (nSPS) is 19.7. The molecule has 0 unspecified atom stereocenters. The highest BCUT2D eigenvalue weighted by atomic mass is 16.5. The van der Waals surface area contributed by atoms with E-state index in [1.165, 1.54) is 0 Å². The highest BCUT2D eigenvalue weighted by Crippen LogP contribution is 2.41. The largest absolute Gasteiger partial charge is 0.497 e. The van der Waals surface area contributed by atoms with Gasteiger partial charge in [0.1, 0.15) is 11.9 Å². The van der Waals surface area contributed by atoms with Crippen molar-refractivity contribution < 1.29 is 14.6 Å². The molecule has 3 rings (SSSR count). The van der Waals surface area contributed by atoms with Crippen LogP contribution in [0, 0.1) is 5.92 Å². The van der Waals surface area contributed by atoms with Crippen LogP contribution in [0.5, 0.6) is 5.75 Å². The van der Waals surface area contributed by atoms with Crippen molar-refractivity contribution in [3.63, 3.8) is 0 Å². The molecule has 138 valence electrons. The number of nitrogens with zero attached hydrogens (tertiary/aromatic N) is 1. The van der Waals surface area contributed by atoms with Crippen molar-refractivity contribution in [3.8, 4) is 5.75 Å². The van der Waals surface area contributed by atoms with Crippen LogP contribution < -0.4 is 9.64 Å². The number of methoxy groups -OCH3 is 1. The standard InChI is InChI=1S/C23H23NO3/c1-5-19(16-9-7-6-8-10-16)22(25)21-20(15(2)3)23(26)24(21)17-11-13-18(27-4)14-12-17/h6-14,20-22,25H,1-2H2,3-4H3/t20-,21-,22+/m1/s1. The maximum absolute atomic E-state index is 12.8. The molecule has 0 saturated carbocycles. The second-order valence-corrected chi connectivity index (χ2v) is 6.62. The quantitative estimate of drug-likeness (QED) is 0.483. The number of ether oxygens (including phenoxy) is 1. The van der Waals surface area contributed by atoms with E-state index in [0.29, 0.717) is 17.0 Å². The molecule has 2 aromatic rings. The molecule has 1 N–H and O–H groups in total. The van der Waals surface area contributed by atoms with Crippen molar-refractivity contribution in [3.05, 3.63) is 84.6 Å². The number of hydrogen-bond donors (Lipinski definition) is 1. The molecule has 1 aliphatic rings. The average Bonchev–Trinajstić information content (AvgIpc) is 2.67. The third-order valence-electron chi connectivity index (χ3n) is 4.92. The number of amides is 1. The van der Waals surface area contributed by atoms with Gasteiger partial charge in [-0.05, 0) is 36.8 Å². The molecule has 0 aliphatic carbocycles. The fraction of sp³-hybridized carbons (Fsp3) is 0.217. The lowest BCUT2D eigenvalue weighted by molar-refractivity contribution is -0.130.